The molecule has 0 unspecified atom stereocenters. The number of nitrogens with zero attached hydrogens (tertiary/aromatic N) is 2. The molecule has 1 aromatic rings. The Bertz CT molecular complexity index is 771. The van der Waals surface area contributed by atoms with Gasteiger partial charge in [0.1, 0.15) is 5.70 Å². The number of allylic oxidation sites excluding steroid dienone is 1. The van der Waals surface area contributed by atoms with Gasteiger partial charge in [0.2, 0.25) is 0 Å². The zero-order valence-corrected chi connectivity index (χ0v) is 11.8. The average molecular weight is 316 g/mol. The predicted molar refractivity (Wildman–Crippen MR) is 69.7 cm³/mol. The summed E-state index contributed by atoms with van der Waals surface area (Å²) in [6, 6.07) is 2.79. The first kappa shape index (κ1) is 15.1. The van der Waals surface area contributed by atoms with Gasteiger partial charge in [0.15, 0.2) is 11.6 Å². The standard InChI is InChI=1S/C12H10F2N2O4S/c1-16-11(12(17)20-2)6-10(15-21(16,18)19)7-3-4-8(13)9(14)5-7/h3-6H,1-2H3. The number of carbonyl (C=O) groups is 1. The highest BCUT2D eigenvalue weighted by Crippen LogP contribution is 2.21. The number of ether oxygens (including phenoxy) is 1. The molecule has 0 saturated heterocycles. The molecule has 6 nitrogen and oxygen atoms in total. The normalized spacial score (nSPS) is 17.0. The molecule has 1 heterocycles. The molecule has 0 bridgehead atoms. The molecular weight excluding hydrogens is 306 g/mol. The molecule has 21 heavy (non-hydrogen) atoms. The van der Waals surface area contributed by atoms with Crippen LogP contribution in [-0.2, 0) is 19.7 Å². The Morgan fingerprint density at radius 1 is 1.29 bits per heavy atom. The first-order chi connectivity index (χ1) is 9.76. The summed E-state index contributed by atoms with van der Waals surface area (Å²) in [5.74, 6) is -3.12. The summed E-state index contributed by atoms with van der Waals surface area (Å²) < 4.78 is 58.4. The number of hydrogen-bond donors (Lipinski definition) is 0. The predicted octanol–water partition coefficient (Wildman–Crippen LogP) is 1.00. The Kier molecular flexibility index (Phi) is 3.77. The summed E-state index contributed by atoms with van der Waals surface area (Å²) >= 11 is 0. The number of halogens is 2. The average Bonchev–Trinajstić information content (AvgIpc) is 2.43. The minimum absolute atomic E-state index is 0.0204. The molecule has 0 aromatic heterocycles. The molecule has 112 valence electrons. The van der Waals surface area contributed by atoms with E-state index in [1.54, 1.807) is 0 Å². The first-order valence-corrected chi connectivity index (χ1v) is 7.00. The molecule has 1 aromatic carbocycles. The SMILES string of the molecule is COC(=O)C1=CC(c2ccc(F)c(F)c2)=NS(=O)(=O)N1C. The van der Waals surface area contributed by atoms with E-state index < -0.39 is 27.8 Å². The van der Waals surface area contributed by atoms with E-state index in [9.17, 15) is 22.0 Å². The van der Waals surface area contributed by atoms with Crippen LogP contribution < -0.4 is 0 Å². The van der Waals surface area contributed by atoms with Gasteiger partial charge >= 0.3 is 16.2 Å². The van der Waals surface area contributed by atoms with E-state index in [0.29, 0.717) is 4.31 Å². The molecular formula is C12H10F2N2O4S. The molecule has 0 saturated carbocycles. The van der Waals surface area contributed by atoms with Crippen LogP contribution in [-0.4, -0.2) is 38.6 Å². The maximum atomic E-state index is 13.2. The van der Waals surface area contributed by atoms with Gasteiger partial charge in [0.05, 0.1) is 12.8 Å². The van der Waals surface area contributed by atoms with Crippen molar-refractivity contribution < 1.29 is 26.7 Å². The van der Waals surface area contributed by atoms with Gasteiger partial charge in [-0.25, -0.2) is 17.9 Å². The van der Waals surface area contributed by atoms with Gasteiger partial charge in [-0.05, 0) is 24.3 Å². The van der Waals surface area contributed by atoms with Crippen molar-refractivity contribution >= 4 is 21.9 Å². The lowest BCUT2D eigenvalue weighted by atomic mass is 10.1. The van der Waals surface area contributed by atoms with Crippen molar-refractivity contribution in [2.75, 3.05) is 14.2 Å². The Morgan fingerprint density at radius 3 is 2.52 bits per heavy atom. The largest absolute Gasteiger partial charge is 0.464 e. The fourth-order valence-corrected chi connectivity index (χ4v) is 2.55. The van der Waals surface area contributed by atoms with Gasteiger partial charge in [-0.2, -0.15) is 8.42 Å². The van der Waals surface area contributed by atoms with Gasteiger partial charge in [0.25, 0.3) is 0 Å². The highest BCUT2D eigenvalue weighted by Gasteiger charge is 2.30. The molecule has 0 aliphatic carbocycles. The second-order valence-corrected chi connectivity index (χ2v) is 5.70. The monoisotopic (exact) mass is 316 g/mol. The third-order valence-electron chi connectivity index (χ3n) is 2.78. The van der Waals surface area contributed by atoms with Crippen molar-refractivity contribution in [1.82, 2.24) is 4.31 Å². The number of likely N-dealkylation sites (N-methyl/N-ethyl adjacent to an activating group) is 1. The van der Waals surface area contributed by atoms with E-state index >= 15 is 0 Å². The van der Waals surface area contributed by atoms with E-state index in [1.165, 1.54) is 0 Å². The lowest BCUT2D eigenvalue weighted by molar-refractivity contribution is -0.137. The van der Waals surface area contributed by atoms with Crippen molar-refractivity contribution in [2.24, 2.45) is 4.40 Å². The molecule has 2 rings (SSSR count). The summed E-state index contributed by atoms with van der Waals surface area (Å²) in [6.07, 6.45) is 1.12. The third kappa shape index (κ3) is 2.77. The number of carbonyl (C=O) groups excluding carboxylic acids is 1. The molecule has 0 amide bonds. The summed E-state index contributed by atoms with van der Waals surface area (Å²) in [5, 5.41) is 0. The molecule has 1 aliphatic rings. The van der Waals surface area contributed by atoms with Crippen molar-refractivity contribution in [3.63, 3.8) is 0 Å². The second kappa shape index (κ2) is 5.24. The minimum atomic E-state index is -4.15. The van der Waals surface area contributed by atoms with Crippen LogP contribution in [0.3, 0.4) is 0 Å². The highest BCUT2D eigenvalue weighted by atomic mass is 32.2. The number of hydrogen-bond acceptors (Lipinski definition) is 4. The van der Waals surface area contributed by atoms with Crippen LogP contribution >= 0.6 is 0 Å². The van der Waals surface area contributed by atoms with E-state index in [-0.39, 0.29) is 17.0 Å². The van der Waals surface area contributed by atoms with Gasteiger partial charge in [-0.1, -0.05) is 0 Å². The van der Waals surface area contributed by atoms with E-state index in [4.69, 9.17) is 0 Å². The van der Waals surface area contributed by atoms with Crippen LogP contribution in [0.5, 0.6) is 0 Å². The highest BCUT2D eigenvalue weighted by molar-refractivity contribution is 7.88. The Labute approximate surface area is 119 Å². The van der Waals surface area contributed by atoms with Crippen LogP contribution in [0.15, 0.2) is 34.4 Å². The van der Waals surface area contributed by atoms with Crippen LogP contribution in [0.2, 0.25) is 0 Å². The molecule has 0 N–H and O–H groups in total. The van der Waals surface area contributed by atoms with Crippen LogP contribution in [0.25, 0.3) is 0 Å². The van der Waals surface area contributed by atoms with E-state index in [1.807, 2.05) is 0 Å². The van der Waals surface area contributed by atoms with Crippen molar-refractivity contribution in [1.29, 1.82) is 0 Å². The molecule has 0 atom stereocenters. The maximum Gasteiger partial charge on any atom is 0.355 e. The quantitative estimate of drug-likeness (QED) is 0.763. The molecule has 9 heteroatoms. The van der Waals surface area contributed by atoms with Gasteiger partial charge in [0, 0.05) is 12.6 Å². The number of methoxy groups -OCH3 is 1. The summed E-state index contributed by atoms with van der Waals surface area (Å²) in [7, 11) is -1.93. The van der Waals surface area contributed by atoms with Crippen LogP contribution in [0.4, 0.5) is 8.78 Å². The zero-order chi connectivity index (χ0) is 15.8. The van der Waals surface area contributed by atoms with Crippen molar-refractivity contribution in [3.05, 3.63) is 47.2 Å². The van der Waals surface area contributed by atoms with Crippen LogP contribution in [0.1, 0.15) is 5.56 Å². The lowest BCUT2D eigenvalue weighted by Crippen LogP contribution is -2.33. The summed E-state index contributed by atoms with van der Waals surface area (Å²) in [5.41, 5.74) is -0.452. The van der Waals surface area contributed by atoms with E-state index in [0.717, 1.165) is 38.4 Å². The number of rotatable bonds is 2. The Morgan fingerprint density at radius 2 is 1.95 bits per heavy atom. The zero-order valence-electron chi connectivity index (χ0n) is 11.0. The summed E-state index contributed by atoms with van der Waals surface area (Å²) in [6.45, 7) is 0. The minimum Gasteiger partial charge on any atom is -0.464 e. The van der Waals surface area contributed by atoms with Gasteiger partial charge in [-0.15, -0.1) is 4.40 Å². The Balaban J connectivity index is 2.59. The van der Waals surface area contributed by atoms with Crippen molar-refractivity contribution in [3.8, 4) is 0 Å². The molecule has 0 radical (unpaired) electrons. The number of benzene rings is 1. The summed E-state index contributed by atoms with van der Waals surface area (Å²) in [4.78, 5) is 11.6. The number of esters is 1. The molecule has 1 aliphatic heterocycles. The topological polar surface area (TPSA) is 76.0 Å². The smallest absolute Gasteiger partial charge is 0.355 e. The second-order valence-electron chi connectivity index (χ2n) is 4.07. The lowest BCUT2D eigenvalue weighted by Gasteiger charge is -2.22. The van der Waals surface area contributed by atoms with Crippen molar-refractivity contribution in [2.45, 2.75) is 0 Å². The maximum absolute atomic E-state index is 13.2. The van der Waals surface area contributed by atoms with Gasteiger partial charge < -0.3 is 4.74 Å². The van der Waals surface area contributed by atoms with Crippen LogP contribution in [0, 0.1) is 11.6 Å². The fourth-order valence-electron chi connectivity index (χ4n) is 1.64. The molecule has 0 fully saturated rings. The Hall–Kier alpha value is -2.29. The van der Waals surface area contributed by atoms with Gasteiger partial charge in [-0.3, -0.25) is 0 Å². The molecule has 0 spiro atoms. The van der Waals surface area contributed by atoms with E-state index in [2.05, 4.69) is 9.13 Å². The fraction of sp³-hybridized carbons (Fsp3) is 0.167. The third-order valence-corrected chi connectivity index (χ3v) is 4.10. The first-order valence-electron chi connectivity index (χ1n) is 5.60.